The topological polar surface area (TPSA) is 61.7 Å². The van der Waals surface area contributed by atoms with E-state index in [9.17, 15) is 0 Å². The molecule has 15 rings (SSSR count). The van der Waals surface area contributed by atoms with E-state index in [-0.39, 0.29) is 0 Å². The van der Waals surface area contributed by atoms with Crippen molar-refractivity contribution in [3.8, 4) is 67.8 Å². The lowest BCUT2D eigenvalue weighted by Crippen LogP contribution is -2.07. The molecule has 0 aliphatic heterocycles. The molecule has 0 aliphatic rings. The molecule has 0 unspecified atom stereocenters. The molecule has 4 aromatic heterocycles. The lowest BCUT2D eigenvalue weighted by molar-refractivity contribution is 0.670. The number of aromatic nitrogens is 5. The normalized spacial score (nSPS) is 11.8. The summed E-state index contributed by atoms with van der Waals surface area (Å²) in [5, 5.41) is 8.95. The van der Waals surface area contributed by atoms with Crippen molar-refractivity contribution in [2.24, 2.45) is 0 Å². The van der Waals surface area contributed by atoms with Gasteiger partial charge in [-0.25, -0.2) is 4.98 Å². The summed E-state index contributed by atoms with van der Waals surface area (Å²) in [4.78, 5) is 16.5. The largest absolute Gasteiger partial charge is 0.455 e. The molecule has 15 aromatic rings. The minimum Gasteiger partial charge on any atom is -0.455 e. The van der Waals surface area contributed by atoms with Crippen molar-refractivity contribution < 1.29 is 4.42 Å². The molecule has 0 amide bonds. The van der Waals surface area contributed by atoms with Crippen LogP contribution in [0.1, 0.15) is 0 Å². The monoisotopic (exact) mass is 931 g/mol. The highest BCUT2D eigenvalue weighted by Gasteiger charge is 2.26. The zero-order valence-corrected chi connectivity index (χ0v) is 39.3. The Kier molecular flexibility index (Phi) is 9.16. The first kappa shape index (κ1) is 40.9. The average Bonchev–Trinajstić information content (AvgIpc) is 4.13. The Labute approximate surface area is 419 Å². The molecule has 340 valence electrons. The second kappa shape index (κ2) is 16.3. The Morgan fingerprint density at radius 2 is 0.877 bits per heavy atom. The van der Waals surface area contributed by atoms with E-state index in [1.807, 2.05) is 24.3 Å². The quantitative estimate of drug-likeness (QED) is 0.160. The number of hydrogen-bond acceptors (Lipinski definition) is 4. The van der Waals surface area contributed by atoms with Gasteiger partial charge in [0.25, 0.3) is 0 Å². The van der Waals surface area contributed by atoms with Gasteiger partial charge < -0.3 is 8.98 Å². The maximum atomic E-state index is 6.81. The molecule has 11 aromatic carbocycles. The third-order valence-electron chi connectivity index (χ3n) is 14.6. The number of furan rings is 1. The molecule has 0 saturated heterocycles. The fourth-order valence-electron chi connectivity index (χ4n) is 11.2. The molecule has 0 N–H and O–H groups in total. The molecule has 73 heavy (non-hydrogen) atoms. The highest BCUT2D eigenvalue weighted by atomic mass is 16.3. The van der Waals surface area contributed by atoms with E-state index in [4.69, 9.17) is 19.4 Å². The molecular formula is C67H41N5O. The molecule has 6 heteroatoms. The van der Waals surface area contributed by atoms with E-state index in [1.165, 1.54) is 10.8 Å². The minimum absolute atomic E-state index is 0.525. The molecule has 0 fully saturated rings. The lowest BCUT2D eigenvalue weighted by Gasteiger charge is -2.16. The van der Waals surface area contributed by atoms with Crippen molar-refractivity contribution >= 4 is 76.3 Å². The Balaban J connectivity index is 1.07. The van der Waals surface area contributed by atoms with E-state index in [2.05, 4.69) is 234 Å². The summed E-state index contributed by atoms with van der Waals surface area (Å²) in [6.45, 7) is 0. The fourth-order valence-corrected chi connectivity index (χ4v) is 11.2. The van der Waals surface area contributed by atoms with Gasteiger partial charge in [-0.1, -0.05) is 206 Å². The number of benzene rings is 11. The highest BCUT2D eigenvalue weighted by Crippen LogP contribution is 2.45. The molecule has 6 nitrogen and oxygen atoms in total. The SMILES string of the molecule is c1ccc(-c2ccc(-c3ccccc3)c(-c3nc(-c4ccccc4)nc(-n4c5ccccc5c5ccc6c7ccccc7n(-c7cc(-c8ccc9ccccc9c8)c8oc9ccccc9c8c7)c6c54)n3)c2)cc1. The fraction of sp³-hybridized carbons (Fsp3) is 0. The van der Waals surface area contributed by atoms with Crippen molar-refractivity contribution in [3.05, 3.63) is 249 Å². The van der Waals surface area contributed by atoms with Crippen LogP contribution in [0.5, 0.6) is 0 Å². The first-order chi connectivity index (χ1) is 36.2. The van der Waals surface area contributed by atoms with Crippen LogP contribution in [-0.2, 0) is 0 Å². The van der Waals surface area contributed by atoms with Gasteiger partial charge in [-0.15, -0.1) is 0 Å². The van der Waals surface area contributed by atoms with Gasteiger partial charge in [-0.3, -0.25) is 4.57 Å². The van der Waals surface area contributed by atoms with Gasteiger partial charge in [-0.05, 0) is 81.1 Å². The minimum atomic E-state index is 0.525. The van der Waals surface area contributed by atoms with Gasteiger partial charge in [-0.2, -0.15) is 9.97 Å². The van der Waals surface area contributed by atoms with E-state index in [0.29, 0.717) is 17.6 Å². The molecule has 0 saturated carbocycles. The number of fused-ring (bicyclic) bond motifs is 11. The zero-order chi connectivity index (χ0) is 48.0. The van der Waals surface area contributed by atoms with Gasteiger partial charge in [0, 0.05) is 54.7 Å². The van der Waals surface area contributed by atoms with E-state index >= 15 is 0 Å². The molecule has 0 atom stereocenters. The van der Waals surface area contributed by atoms with Crippen LogP contribution in [0.2, 0.25) is 0 Å². The van der Waals surface area contributed by atoms with Gasteiger partial charge >= 0.3 is 0 Å². The first-order valence-electron chi connectivity index (χ1n) is 24.7. The molecule has 0 spiro atoms. The van der Waals surface area contributed by atoms with Gasteiger partial charge in [0.2, 0.25) is 5.95 Å². The predicted octanol–water partition coefficient (Wildman–Crippen LogP) is 17.5. The third-order valence-corrected chi connectivity index (χ3v) is 14.6. The second-order valence-corrected chi connectivity index (χ2v) is 18.7. The molecule has 0 radical (unpaired) electrons. The summed E-state index contributed by atoms with van der Waals surface area (Å²) in [5.74, 6) is 1.69. The lowest BCUT2D eigenvalue weighted by atomic mass is 9.94. The van der Waals surface area contributed by atoms with Crippen molar-refractivity contribution in [1.29, 1.82) is 0 Å². The summed E-state index contributed by atoms with van der Waals surface area (Å²) < 4.78 is 11.5. The van der Waals surface area contributed by atoms with Crippen molar-refractivity contribution in [2.75, 3.05) is 0 Å². The van der Waals surface area contributed by atoms with Crippen LogP contribution in [0.25, 0.3) is 144 Å². The summed E-state index contributed by atoms with van der Waals surface area (Å²) in [6, 6.07) is 88.1. The van der Waals surface area contributed by atoms with Crippen LogP contribution in [-0.4, -0.2) is 24.1 Å². The number of rotatable bonds is 7. The number of para-hydroxylation sites is 3. The van der Waals surface area contributed by atoms with Crippen LogP contribution in [0, 0.1) is 0 Å². The smallest absolute Gasteiger partial charge is 0.238 e. The number of nitrogens with zero attached hydrogens (tertiary/aromatic N) is 5. The van der Waals surface area contributed by atoms with Gasteiger partial charge in [0.05, 0.1) is 22.1 Å². The van der Waals surface area contributed by atoms with E-state index < -0.39 is 0 Å². The predicted molar refractivity (Wildman–Crippen MR) is 300 cm³/mol. The van der Waals surface area contributed by atoms with E-state index in [0.717, 1.165) is 116 Å². The average molecular weight is 932 g/mol. The van der Waals surface area contributed by atoms with Crippen LogP contribution >= 0.6 is 0 Å². The van der Waals surface area contributed by atoms with Crippen molar-refractivity contribution in [2.45, 2.75) is 0 Å². The summed E-state index contributed by atoms with van der Waals surface area (Å²) in [6.07, 6.45) is 0. The van der Waals surface area contributed by atoms with Gasteiger partial charge in [0.1, 0.15) is 11.2 Å². The summed E-state index contributed by atoms with van der Waals surface area (Å²) >= 11 is 0. The third kappa shape index (κ3) is 6.54. The zero-order valence-electron chi connectivity index (χ0n) is 39.3. The maximum Gasteiger partial charge on any atom is 0.238 e. The Hall–Kier alpha value is -9.91. The van der Waals surface area contributed by atoms with E-state index in [1.54, 1.807) is 0 Å². The van der Waals surface area contributed by atoms with Crippen LogP contribution in [0.4, 0.5) is 0 Å². The molecule has 0 bridgehead atoms. The Bertz CT molecular complexity index is 4670. The second-order valence-electron chi connectivity index (χ2n) is 18.7. The summed E-state index contributed by atoms with van der Waals surface area (Å²) in [5.41, 5.74) is 15.1. The van der Waals surface area contributed by atoms with Crippen LogP contribution in [0.15, 0.2) is 253 Å². The first-order valence-corrected chi connectivity index (χ1v) is 24.7. The standard InChI is InChI=1S/C67H41N5O/c1-4-18-42(19-5-1)47-34-35-50(44-21-6-2-7-22-44)58(39-47)66-68-65(45-23-8-3-9-24-45)69-67(70-66)72-60-30-16-13-27-52(60)55-37-36-54-51-26-12-15-29-59(51)71(62(54)63(55)72)49-40-56(48-33-32-43-20-10-11-25-46(43)38-48)64-57(41-49)53-28-14-17-31-61(53)73-64/h1-41H. The molecule has 4 heterocycles. The maximum absolute atomic E-state index is 6.81. The van der Waals surface area contributed by atoms with Crippen LogP contribution in [0.3, 0.4) is 0 Å². The highest BCUT2D eigenvalue weighted by molar-refractivity contribution is 6.24. The molecule has 0 aliphatic carbocycles. The Morgan fingerprint density at radius 1 is 0.301 bits per heavy atom. The summed E-state index contributed by atoms with van der Waals surface area (Å²) in [7, 11) is 0. The Morgan fingerprint density at radius 3 is 1.62 bits per heavy atom. The van der Waals surface area contributed by atoms with Crippen molar-refractivity contribution in [3.63, 3.8) is 0 Å². The number of hydrogen-bond donors (Lipinski definition) is 0. The van der Waals surface area contributed by atoms with Crippen molar-refractivity contribution in [1.82, 2.24) is 24.1 Å². The van der Waals surface area contributed by atoms with Gasteiger partial charge in [0.15, 0.2) is 11.6 Å². The molecular weight excluding hydrogens is 891 g/mol. The van der Waals surface area contributed by atoms with Crippen LogP contribution < -0.4 is 0 Å².